The second-order valence-corrected chi connectivity index (χ2v) is 6.77. The summed E-state index contributed by atoms with van der Waals surface area (Å²) in [5.41, 5.74) is 0. The van der Waals surface area contributed by atoms with E-state index in [-0.39, 0.29) is 24.0 Å². The normalized spacial score (nSPS) is 11.1. The molecule has 2 aromatic rings. The number of halogens is 2. The predicted molar refractivity (Wildman–Crippen MR) is 127 cm³/mol. The molecule has 0 bridgehead atoms. The Morgan fingerprint density at radius 3 is 2.68 bits per heavy atom. The third kappa shape index (κ3) is 8.68. The van der Waals surface area contributed by atoms with Gasteiger partial charge in [-0.2, -0.15) is 0 Å². The van der Waals surface area contributed by atoms with Crippen LogP contribution in [0, 0.1) is 6.92 Å². The zero-order chi connectivity index (χ0) is 19.5. The maximum Gasteiger partial charge on any atom is 0.193 e. The summed E-state index contributed by atoms with van der Waals surface area (Å²) in [5.74, 6) is 2.80. The van der Waals surface area contributed by atoms with Gasteiger partial charge in [0.15, 0.2) is 5.96 Å². The van der Waals surface area contributed by atoms with Crippen molar-refractivity contribution in [2.24, 2.45) is 4.99 Å². The molecule has 28 heavy (non-hydrogen) atoms. The number of ether oxygens (including phenoxy) is 1. The van der Waals surface area contributed by atoms with E-state index < -0.39 is 0 Å². The molecule has 0 unspecified atom stereocenters. The van der Waals surface area contributed by atoms with Crippen LogP contribution in [0.25, 0.3) is 0 Å². The Kier molecular flexibility index (Phi) is 12.0. The van der Waals surface area contributed by atoms with Gasteiger partial charge < -0.3 is 19.5 Å². The fraction of sp³-hybridized carbons (Fsp3) is 0.500. The lowest BCUT2D eigenvalue weighted by molar-refractivity contribution is 0.281. The number of guanidine groups is 1. The van der Waals surface area contributed by atoms with Crippen molar-refractivity contribution in [3.05, 3.63) is 47.5 Å². The quantitative estimate of drug-likeness (QED) is 0.221. The molecule has 0 spiro atoms. The van der Waals surface area contributed by atoms with E-state index in [9.17, 15) is 0 Å². The van der Waals surface area contributed by atoms with Crippen molar-refractivity contribution in [2.45, 2.75) is 33.2 Å². The summed E-state index contributed by atoms with van der Waals surface area (Å²) in [4.78, 5) is 11.1. The zero-order valence-corrected chi connectivity index (χ0v) is 20.0. The van der Waals surface area contributed by atoms with Crippen LogP contribution >= 0.6 is 35.6 Å². The van der Waals surface area contributed by atoms with E-state index in [0.717, 1.165) is 56.6 Å². The molecule has 8 heteroatoms. The molecule has 156 valence electrons. The molecule has 1 aromatic heterocycles. The third-order valence-corrected chi connectivity index (χ3v) is 4.45. The molecule has 0 fully saturated rings. The molecule has 2 rings (SSSR count). The molecule has 1 aromatic carbocycles. The van der Waals surface area contributed by atoms with Crippen LogP contribution in [0.5, 0.6) is 5.75 Å². The van der Waals surface area contributed by atoms with Crippen molar-refractivity contribution in [3.63, 3.8) is 0 Å². The minimum absolute atomic E-state index is 0. The molecule has 0 saturated heterocycles. The van der Waals surface area contributed by atoms with Crippen molar-refractivity contribution in [3.8, 4) is 5.75 Å². The number of hydrogen-bond donors (Lipinski definition) is 1. The van der Waals surface area contributed by atoms with Gasteiger partial charge >= 0.3 is 0 Å². The van der Waals surface area contributed by atoms with Crippen LogP contribution in [0.3, 0.4) is 0 Å². The van der Waals surface area contributed by atoms with E-state index in [1.807, 2.05) is 50.6 Å². The first-order chi connectivity index (χ1) is 13.1. The van der Waals surface area contributed by atoms with Gasteiger partial charge in [-0.25, -0.2) is 4.98 Å². The van der Waals surface area contributed by atoms with Gasteiger partial charge in [-0.1, -0.05) is 11.6 Å². The van der Waals surface area contributed by atoms with Crippen LogP contribution in [0.2, 0.25) is 5.02 Å². The predicted octanol–water partition coefficient (Wildman–Crippen LogP) is 4.22. The summed E-state index contributed by atoms with van der Waals surface area (Å²) in [6.07, 6.45) is 6.00. The van der Waals surface area contributed by atoms with Crippen LogP contribution in [-0.2, 0) is 6.54 Å². The second-order valence-electron chi connectivity index (χ2n) is 6.33. The number of rotatable bonds is 10. The highest BCUT2D eigenvalue weighted by Crippen LogP contribution is 2.15. The Balaban J connectivity index is 0.00000392. The van der Waals surface area contributed by atoms with Gasteiger partial charge in [-0.05, 0) is 51.0 Å². The number of nitrogens with zero attached hydrogens (tertiary/aromatic N) is 4. The average molecular weight is 520 g/mol. The zero-order valence-electron chi connectivity index (χ0n) is 16.9. The summed E-state index contributed by atoms with van der Waals surface area (Å²) in [6.45, 7) is 8.08. The SMILES string of the molecule is CCNC(=NCCCCn1ccnc1C)N(C)CCOc1ccc(Cl)cc1.I. The van der Waals surface area contributed by atoms with E-state index in [2.05, 4.69) is 26.7 Å². The summed E-state index contributed by atoms with van der Waals surface area (Å²) >= 11 is 5.89. The Hall–Kier alpha value is -1.48. The molecular formula is C20H31ClIN5O. The molecule has 0 radical (unpaired) electrons. The van der Waals surface area contributed by atoms with Gasteiger partial charge in [0.1, 0.15) is 18.2 Å². The Morgan fingerprint density at radius 1 is 1.29 bits per heavy atom. The standard InChI is InChI=1S/C20H30ClN5O.HI/c1-4-22-20(24-11-5-6-13-26-14-12-23-17(26)2)25(3)15-16-27-19-9-7-18(21)8-10-19;/h7-10,12,14H,4-6,11,13,15-16H2,1-3H3,(H,22,24);1H. The van der Waals surface area contributed by atoms with E-state index in [4.69, 9.17) is 21.3 Å². The lowest BCUT2D eigenvalue weighted by Crippen LogP contribution is -2.41. The van der Waals surface area contributed by atoms with Crippen LogP contribution in [0.15, 0.2) is 41.7 Å². The number of imidazole rings is 1. The largest absolute Gasteiger partial charge is 0.492 e. The monoisotopic (exact) mass is 519 g/mol. The fourth-order valence-corrected chi connectivity index (χ4v) is 2.75. The molecule has 1 N–H and O–H groups in total. The van der Waals surface area contributed by atoms with E-state index in [0.29, 0.717) is 11.6 Å². The Bertz CT molecular complexity index is 705. The van der Waals surface area contributed by atoms with Crippen molar-refractivity contribution < 1.29 is 4.74 Å². The number of hydrogen-bond acceptors (Lipinski definition) is 3. The maximum absolute atomic E-state index is 5.89. The first-order valence-electron chi connectivity index (χ1n) is 9.45. The van der Waals surface area contributed by atoms with E-state index >= 15 is 0 Å². The molecule has 0 amide bonds. The van der Waals surface area contributed by atoms with Gasteiger partial charge in [0.25, 0.3) is 0 Å². The first-order valence-corrected chi connectivity index (χ1v) is 9.83. The van der Waals surface area contributed by atoms with Gasteiger partial charge in [-0.15, -0.1) is 24.0 Å². The molecule has 6 nitrogen and oxygen atoms in total. The van der Waals surface area contributed by atoms with Crippen molar-refractivity contribution in [1.29, 1.82) is 0 Å². The van der Waals surface area contributed by atoms with E-state index in [1.165, 1.54) is 0 Å². The maximum atomic E-state index is 5.89. The lowest BCUT2D eigenvalue weighted by atomic mass is 10.3. The molecule has 0 atom stereocenters. The number of aliphatic imine (C=N–C) groups is 1. The van der Waals surface area contributed by atoms with Crippen LogP contribution in [0.4, 0.5) is 0 Å². The number of unbranched alkanes of at least 4 members (excludes halogenated alkanes) is 1. The average Bonchev–Trinajstić information content (AvgIpc) is 3.07. The van der Waals surface area contributed by atoms with Crippen LogP contribution < -0.4 is 10.1 Å². The van der Waals surface area contributed by atoms with Crippen LogP contribution in [0.1, 0.15) is 25.6 Å². The highest BCUT2D eigenvalue weighted by atomic mass is 127. The minimum Gasteiger partial charge on any atom is -0.492 e. The molecule has 0 saturated carbocycles. The molecule has 1 heterocycles. The Labute approximate surface area is 190 Å². The van der Waals surface area contributed by atoms with Gasteiger partial charge in [-0.3, -0.25) is 4.99 Å². The number of aryl methyl sites for hydroxylation is 2. The fourth-order valence-electron chi connectivity index (χ4n) is 2.63. The van der Waals surface area contributed by atoms with E-state index in [1.54, 1.807) is 0 Å². The first kappa shape index (κ1) is 24.6. The van der Waals surface area contributed by atoms with Gasteiger partial charge in [0.2, 0.25) is 0 Å². The molecular weight excluding hydrogens is 489 g/mol. The molecule has 0 aliphatic heterocycles. The number of nitrogens with one attached hydrogen (secondary N) is 1. The lowest BCUT2D eigenvalue weighted by Gasteiger charge is -2.22. The Morgan fingerprint density at radius 2 is 2.04 bits per heavy atom. The number of aromatic nitrogens is 2. The minimum atomic E-state index is 0. The third-order valence-electron chi connectivity index (χ3n) is 4.20. The van der Waals surface area contributed by atoms with Gasteiger partial charge in [0, 0.05) is 44.1 Å². The van der Waals surface area contributed by atoms with Crippen molar-refractivity contribution >= 4 is 41.5 Å². The number of likely N-dealkylation sites (N-methyl/N-ethyl adjacent to an activating group) is 1. The summed E-state index contributed by atoms with van der Waals surface area (Å²) in [6, 6.07) is 7.42. The summed E-state index contributed by atoms with van der Waals surface area (Å²) in [5, 5.41) is 4.05. The van der Waals surface area contributed by atoms with Crippen molar-refractivity contribution in [1.82, 2.24) is 19.8 Å². The summed E-state index contributed by atoms with van der Waals surface area (Å²) < 4.78 is 7.94. The van der Waals surface area contributed by atoms with Crippen molar-refractivity contribution in [2.75, 3.05) is 33.3 Å². The number of benzene rings is 1. The highest BCUT2D eigenvalue weighted by molar-refractivity contribution is 14.0. The highest BCUT2D eigenvalue weighted by Gasteiger charge is 2.06. The van der Waals surface area contributed by atoms with Crippen LogP contribution in [-0.4, -0.2) is 53.7 Å². The molecule has 0 aliphatic rings. The summed E-state index contributed by atoms with van der Waals surface area (Å²) in [7, 11) is 2.03. The second kappa shape index (κ2) is 13.7. The van der Waals surface area contributed by atoms with Gasteiger partial charge in [0.05, 0.1) is 6.54 Å². The topological polar surface area (TPSA) is 54.7 Å². The molecule has 0 aliphatic carbocycles. The smallest absolute Gasteiger partial charge is 0.193 e.